The lowest BCUT2D eigenvalue weighted by Crippen LogP contribution is -2.00. The molecule has 0 heterocycles. The normalized spacial score (nSPS) is 11.1. The summed E-state index contributed by atoms with van der Waals surface area (Å²) in [6.45, 7) is 0. The molecule has 0 saturated heterocycles. The summed E-state index contributed by atoms with van der Waals surface area (Å²) in [5, 5.41) is 0. The Morgan fingerprint density at radius 1 is 1.43 bits per heavy atom. The number of ether oxygens (including phenoxy) is 1. The number of hydrogen-bond donors (Lipinski definition) is 0. The molecule has 0 N–H and O–H groups in total. The molecule has 0 aromatic heterocycles. The summed E-state index contributed by atoms with van der Waals surface area (Å²) in [6, 6.07) is 9.32. The monoisotopic (exact) mass is 194 g/mol. The highest BCUT2D eigenvalue weighted by atomic mass is 19.1. The average molecular weight is 194 g/mol. The Balaban J connectivity index is 2.59. The molecule has 0 atom stereocenters. The lowest BCUT2D eigenvalue weighted by molar-refractivity contribution is -0.137. The van der Waals surface area contributed by atoms with Crippen molar-refractivity contribution < 1.29 is 13.9 Å². The van der Waals surface area contributed by atoms with Crippen molar-refractivity contribution in [2.45, 2.75) is 6.42 Å². The molecule has 0 unspecified atom stereocenters. The Labute approximate surface area is 82.0 Å². The summed E-state index contributed by atoms with van der Waals surface area (Å²) in [6.07, 6.45) is 1.60. The van der Waals surface area contributed by atoms with E-state index in [-0.39, 0.29) is 0 Å². The molecule has 0 amide bonds. The second-order valence-corrected chi connectivity index (χ2v) is 2.73. The summed E-state index contributed by atoms with van der Waals surface area (Å²) in [5.41, 5.74) is 0.951. The van der Waals surface area contributed by atoms with Gasteiger partial charge in [-0.25, -0.2) is 4.79 Å². The van der Waals surface area contributed by atoms with Gasteiger partial charge in [0.25, 0.3) is 0 Å². The largest absolute Gasteiger partial charge is 0.464 e. The highest BCUT2D eigenvalue weighted by molar-refractivity contribution is 5.85. The van der Waals surface area contributed by atoms with E-state index in [4.69, 9.17) is 0 Å². The van der Waals surface area contributed by atoms with E-state index in [0.29, 0.717) is 6.42 Å². The number of halogens is 1. The van der Waals surface area contributed by atoms with Crippen molar-refractivity contribution >= 4 is 5.97 Å². The van der Waals surface area contributed by atoms with E-state index < -0.39 is 11.8 Å². The lowest BCUT2D eigenvalue weighted by Gasteiger charge is -1.96. The highest BCUT2D eigenvalue weighted by Gasteiger charge is 2.06. The summed E-state index contributed by atoms with van der Waals surface area (Å²) < 4.78 is 17.1. The van der Waals surface area contributed by atoms with Crippen LogP contribution in [-0.2, 0) is 16.0 Å². The number of rotatable bonds is 3. The molecular formula is C11H11FO2. The summed E-state index contributed by atoms with van der Waals surface area (Å²) >= 11 is 0. The van der Waals surface area contributed by atoms with Gasteiger partial charge in [-0.2, -0.15) is 4.39 Å². The van der Waals surface area contributed by atoms with Gasteiger partial charge in [-0.3, -0.25) is 0 Å². The Hall–Kier alpha value is -1.64. The van der Waals surface area contributed by atoms with Gasteiger partial charge >= 0.3 is 5.97 Å². The Kier molecular flexibility index (Phi) is 3.85. The molecular weight excluding hydrogens is 183 g/mol. The van der Waals surface area contributed by atoms with Crippen LogP contribution in [0.25, 0.3) is 0 Å². The van der Waals surface area contributed by atoms with E-state index in [9.17, 15) is 9.18 Å². The minimum absolute atomic E-state index is 0.391. The molecule has 0 bridgehead atoms. The first-order valence-electron chi connectivity index (χ1n) is 4.22. The predicted molar refractivity (Wildman–Crippen MR) is 51.4 cm³/mol. The molecule has 0 aliphatic rings. The smallest absolute Gasteiger partial charge is 0.366 e. The average Bonchev–Trinajstić information content (AvgIpc) is 2.26. The van der Waals surface area contributed by atoms with Crippen LogP contribution < -0.4 is 0 Å². The SMILES string of the molecule is COC(=O)C(F)=CCc1ccccc1. The van der Waals surface area contributed by atoms with Crippen molar-refractivity contribution in [3.05, 3.63) is 47.8 Å². The van der Waals surface area contributed by atoms with Crippen molar-refractivity contribution in [1.29, 1.82) is 0 Å². The molecule has 0 fully saturated rings. The molecule has 0 spiro atoms. The van der Waals surface area contributed by atoms with E-state index in [1.807, 2.05) is 30.3 Å². The molecule has 1 rings (SSSR count). The molecule has 0 saturated carbocycles. The van der Waals surface area contributed by atoms with Gasteiger partial charge in [0.15, 0.2) is 0 Å². The van der Waals surface area contributed by atoms with Crippen LogP contribution in [0.4, 0.5) is 4.39 Å². The Morgan fingerprint density at radius 2 is 2.07 bits per heavy atom. The van der Waals surface area contributed by atoms with Crippen LogP contribution >= 0.6 is 0 Å². The maximum absolute atomic E-state index is 12.9. The topological polar surface area (TPSA) is 26.3 Å². The Morgan fingerprint density at radius 3 is 2.64 bits per heavy atom. The van der Waals surface area contributed by atoms with Crippen LogP contribution in [0.5, 0.6) is 0 Å². The zero-order valence-corrected chi connectivity index (χ0v) is 7.87. The minimum Gasteiger partial charge on any atom is -0.464 e. The molecule has 74 valence electrons. The van der Waals surface area contributed by atoms with E-state index >= 15 is 0 Å². The number of allylic oxidation sites excluding steroid dienone is 1. The number of esters is 1. The zero-order valence-electron chi connectivity index (χ0n) is 7.87. The number of carbonyl (C=O) groups excluding carboxylic acids is 1. The first-order valence-corrected chi connectivity index (χ1v) is 4.22. The minimum atomic E-state index is -0.930. The third-order valence-corrected chi connectivity index (χ3v) is 1.74. The van der Waals surface area contributed by atoms with Crippen LogP contribution in [-0.4, -0.2) is 13.1 Å². The van der Waals surface area contributed by atoms with E-state index in [1.54, 1.807) is 0 Å². The Bertz CT molecular complexity index is 330. The van der Waals surface area contributed by atoms with E-state index in [2.05, 4.69) is 4.74 Å². The van der Waals surface area contributed by atoms with Crippen LogP contribution in [0, 0.1) is 0 Å². The second-order valence-electron chi connectivity index (χ2n) is 2.73. The van der Waals surface area contributed by atoms with Crippen LogP contribution in [0.2, 0.25) is 0 Å². The summed E-state index contributed by atoms with van der Waals surface area (Å²) in [4.78, 5) is 10.7. The summed E-state index contributed by atoms with van der Waals surface area (Å²) in [5.74, 6) is -1.78. The maximum Gasteiger partial charge on any atom is 0.366 e. The van der Waals surface area contributed by atoms with Crippen LogP contribution in [0.15, 0.2) is 42.2 Å². The standard InChI is InChI=1S/C11H11FO2/c1-14-11(13)10(12)8-7-9-5-3-2-4-6-9/h2-6,8H,7H2,1H3. The molecule has 1 aromatic rings. The third kappa shape index (κ3) is 3.01. The fourth-order valence-electron chi connectivity index (χ4n) is 1.00. The van der Waals surface area contributed by atoms with Gasteiger partial charge in [-0.15, -0.1) is 0 Å². The van der Waals surface area contributed by atoms with Gasteiger partial charge in [0.1, 0.15) is 0 Å². The molecule has 1 aromatic carbocycles. The van der Waals surface area contributed by atoms with Gasteiger partial charge < -0.3 is 4.74 Å². The van der Waals surface area contributed by atoms with Crippen molar-refractivity contribution in [2.75, 3.05) is 7.11 Å². The van der Waals surface area contributed by atoms with Gasteiger partial charge in [-0.1, -0.05) is 30.3 Å². The molecule has 14 heavy (non-hydrogen) atoms. The summed E-state index contributed by atoms with van der Waals surface area (Å²) in [7, 11) is 1.15. The van der Waals surface area contributed by atoms with Crippen LogP contribution in [0.1, 0.15) is 5.56 Å². The van der Waals surface area contributed by atoms with Gasteiger partial charge in [0, 0.05) is 0 Å². The van der Waals surface area contributed by atoms with Gasteiger partial charge in [-0.05, 0) is 18.1 Å². The molecule has 2 nitrogen and oxygen atoms in total. The molecule has 0 aliphatic heterocycles. The van der Waals surface area contributed by atoms with Crippen LogP contribution in [0.3, 0.4) is 0 Å². The van der Waals surface area contributed by atoms with Crippen molar-refractivity contribution in [2.24, 2.45) is 0 Å². The third-order valence-electron chi connectivity index (χ3n) is 1.74. The fraction of sp³-hybridized carbons (Fsp3) is 0.182. The number of hydrogen-bond acceptors (Lipinski definition) is 2. The zero-order chi connectivity index (χ0) is 10.4. The fourth-order valence-corrected chi connectivity index (χ4v) is 1.00. The highest BCUT2D eigenvalue weighted by Crippen LogP contribution is 2.05. The number of benzene rings is 1. The molecule has 3 heteroatoms. The first-order chi connectivity index (χ1) is 6.74. The van der Waals surface area contributed by atoms with Crippen molar-refractivity contribution in [3.8, 4) is 0 Å². The maximum atomic E-state index is 12.9. The first kappa shape index (κ1) is 10.4. The second kappa shape index (κ2) is 5.17. The number of methoxy groups -OCH3 is 1. The van der Waals surface area contributed by atoms with E-state index in [0.717, 1.165) is 12.7 Å². The predicted octanol–water partition coefficient (Wildman–Crippen LogP) is 2.26. The molecule has 0 aliphatic carbocycles. The quantitative estimate of drug-likeness (QED) is 0.545. The van der Waals surface area contributed by atoms with Crippen molar-refractivity contribution in [1.82, 2.24) is 0 Å². The molecule has 0 radical (unpaired) electrons. The number of carbonyl (C=O) groups is 1. The van der Waals surface area contributed by atoms with Gasteiger partial charge in [0.2, 0.25) is 5.83 Å². The van der Waals surface area contributed by atoms with E-state index in [1.165, 1.54) is 6.08 Å². The van der Waals surface area contributed by atoms with Crippen molar-refractivity contribution in [3.63, 3.8) is 0 Å². The van der Waals surface area contributed by atoms with Gasteiger partial charge in [0.05, 0.1) is 7.11 Å². The lowest BCUT2D eigenvalue weighted by atomic mass is 10.1.